The molecule has 1 aliphatic rings. The average Bonchev–Trinajstić information content (AvgIpc) is 3.35. The van der Waals surface area contributed by atoms with Gasteiger partial charge < -0.3 is 15.0 Å². The Morgan fingerprint density at radius 1 is 1.14 bits per heavy atom. The number of pyridine rings is 1. The Labute approximate surface area is 177 Å². The summed E-state index contributed by atoms with van der Waals surface area (Å²) in [7, 11) is 0. The number of fused-ring (bicyclic) bond motifs is 2. The fraction of sp³-hybridized carbons (Fsp3) is 0.286. The third kappa shape index (κ3) is 3.52. The third-order valence-electron chi connectivity index (χ3n) is 5.47. The molecule has 8 heteroatoms. The van der Waals surface area contributed by atoms with Crippen molar-refractivity contribution in [1.82, 2.24) is 19.5 Å². The van der Waals surface area contributed by atoms with Crippen molar-refractivity contribution in [1.29, 1.82) is 0 Å². The first kappa shape index (κ1) is 18.6. The molecule has 4 heterocycles. The number of benzene rings is 1. The van der Waals surface area contributed by atoms with E-state index in [9.17, 15) is 0 Å². The van der Waals surface area contributed by atoms with E-state index in [0.29, 0.717) is 16.0 Å². The zero-order chi connectivity index (χ0) is 20.0. The fourth-order valence-electron chi connectivity index (χ4n) is 3.96. The van der Waals surface area contributed by atoms with E-state index in [-0.39, 0.29) is 12.3 Å². The highest BCUT2D eigenvalue weighted by Crippen LogP contribution is 2.34. The van der Waals surface area contributed by atoms with Gasteiger partial charge in [-0.1, -0.05) is 35.3 Å². The first-order valence-electron chi connectivity index (χ1n) is 9.55. The molecule has 5 rings (SSSR count). The molecule has 6 nitrogen and oxygen atoms in total. The molecule has 3 aromatic heterocycles. The maximum absolute atomic E-state index is 6.30. The van der Waals surface area contributed by atoms with E-state index in [1.807, 2.05) is 24.4 Å². The third-order valence-corrected chi connectivity index (χ3v) is 6.08. The van der Waals surface area contributed by atoms with E-state index in [0.717, 1.165) is 47.6 Å². The van der Waals surface area contributed by atoms with Gasteiger partial charge in [-0.25, -0.2) is 15.0 Å². The first-order chi connectivity index (χ1) is 14.1. The Hall–Kier alpha value is -2.41. The molecular weight excluding hydrogens is 409 g/mol. The molecule has 0 bridgehead atoms. The Balaban J connectivity index is 1.27. The highest BCUT2D eigenvalue weighted by Gasteiger charge is 2.27. The van der Waals surface area contributed by atoms with Gasteiger partial charge in [0.25, 0.3) is 0 Å². The minimum atomic E-state index is -0.0244. The molecule has 29 heavy (non-hydrogen) atoms. The molecule has 4 aromatic rings. The number of anilines is 1. The number of nitrogen functional groups attached to an aromatic ring is 1. The van der Waals surface area contributed by atoms with Crippen LogP contribution in [0, 0.1) is 0 Å². The highest BCUT2D eigenvalue weighted by atomic mass is 35.5. The number of aryl methyl sites for hydroxylation is 1. The van der Waals surface area contributed by atoms with Crippen molar-refractivity contribution in [3.8, 4) is 0 Å². The Bertz CT molecular complexity index is 1210. The van der Waals surface area contributed by atoms with Gasteiger partial charge >= 0.3 is 0 Å². The largest absolute Gasteiger partial charge is 0.382 e. The molecule has 0 spiro atoms. The number of nitrogens with two attached hydrogens (primary N) is 1. The van der Waals surface area contributed by atoms with Crippen LogP contribution in [0.5, 0.6) is 0 Å². The van der Waals surface area contributed by atoms with Crippen molar-refractivity contribution < 1.29 is 4.74 Å². The summed E-state index contributed by atoms with van der Waals surface area (Å²) in [5.74, 6) is 0.362. The van der Waals surface area contributed by atoms with E-state index in [4.69, 9.17) is 33.7 Å². The summed E-state index contributed by atoms with van der Waals surface area (Å²) in [6.45, 7) is 0. The van der Waals surface area contributed by atoms with Crippen molar-refractivity contribution in [3.05, 3.63) is 58.6 Å². The number of halogens is 2. The van der Waals surface area contributed by atoms with Gasteiger partial charge in [0.15, 0.2) is 0 Å². The van der Waals surface area contributed by atoms with E-state index in [1.165, 1.54) is 11.9 Å². The number of hydrogen-bond acceptors (Lipinski definition) is 5. The summed E-state index contributed by atoms with van der Waals surface area (Å²) in [4.78, 5) is 12.8. The van der Waals surface area contributed by atoms with Gasteiger partial charge in [-0.3, -0.25) is 0 Å². The van der Waals surface area contributed by atoms with E-state index >= 15 is 0 Å². The second kappa shape index (κ2) is 7.44. The molecule has 2 unspecified atom stereocenters. The highest BCUT2D eigenvalue weighted by molar-refractivity contribution is 6.34. The molecule has 1 aliphatic heterocycles. The van der Waals surface area contributed by atoms with Gasteiger partial charge in [-0.05, 0) is 49.4 Å². The monoisotopic (exact) mass is 427 g/mol. The average molecular weight is 428 g/mol. The minimum absolute atomic E-state index is 0.0244. The summed E-state index contributed by atoms with van der Waals surface area (Å²) in [6.07, 6.45) is 7.46. The molecule has 1 saturated heterocycles. The van der Waals surface area contributed by atoms with E-state index in [1.54, 1.807) is 0 Å². The second-order valence-corrected chi connectivity index (χ2v) is 8.10. The van der Waals surface area contributed by atoms with Crippen molar-refractivity contribution in [2.75, 3.05) is 5.73 Å². The summed E-state index contributed by atoms with van der Waals surface area (Å²) in [5.41, 5.74) is 8.73. The van der Waals surface area contributed by atoms with Crippen molar-refractivity contribution >= 4 is 51.0 Å². The lowest BCUT2D eigenvalue weighted by molar-refractivity contribution is 0.00120. The standard InChI is InChI=1S/C21H19Cl2N5O/c22-16-10-13-3-1-12(9-17(13)27-20(16)24)2-4-14-5-6-18(29-14)28-8-7-15-19(23)25-11-26-21(15)28/h1,3,7-11,14,18H,2,4-6H2,(H2,24,27). The van der Waals surface area contributed by atoms with Crippen molar-refractivity contribution in [3.63, 3.8) is 0 Å². The van der Waals surface area contributed by atoms with E-state index < -0.39 is 0 Å². The Kier molecular flexibility index (Phi) is 4.78. The predicted octanol–water partition coefficient (Wildman–Crippen LogP) is 5.18. The number of hydrogen-bond donors (Lipinski definition) is 1. The minimum Gasteiger partial charge on any atom is -0.382 e. The van der Waals surface area contributed by atoms with Crippen LogP contribution in [0.1, 0.15) is 31.1 Å². The lowest BCUT2D eigenvalue weighted by Crippen LogP contribution is -2.12. The molecule has 1 fully saturated rings. The van der Waals surface area contributed by atoms with Gasteiger partial charge in [0.05, 0.1) is 22.0 Å². The summed E-state index contributed by atoms with van der Waals surface area (Å²) >= 11 is 12.2. The SMILES string of the molecule is Nc1nc2cc(CCC3CCC(n4ccc5c(Cl)ncnc54)O3)ccc2cc1Cl. The smallest absolute Gasteiger partial charge is 0.146 e. The predicted molar refractivity (Wildman–Crippen MR) is 115 cm³/mol. The van der Waals surface area contributed by atoms with Crippen LogP contribution in [0.15, 0.2) is 42.9 Å². The zero-order valence-electron chi connectivity index (χ0n) is 15.6. The molecule has 0 saturated carbocycles. The molecular formula is C21H19Cl2N5O. The molecule has 1 aromatic carbocycles. The zero-order valence-corrected chi connectivity index (χ0v) is 17.1. The first-order valence-corrected chi connectivity index (χ1v) is 10.3. The molecule has 2 atom stereocenters. The van der Waals surface area contributed by atoms with Crippen molar-refractivity contribution in [2.45, 2.75) is 38.0 Å². The Morgan fingerprint density at radius 3 is 2.93 bits per heavy atom. The van der Waals surface area contributed by atoms with Crippen LogP contribution in [0.3, 0.4) is 0 Å². The Morgan fingerprint density at radius 2 is 2.03 bits per heavy atom. The molecule has 0 aliphatic carbocycles. The van der Waals surface area contributed by atoms with Crippen LogP contribution in [-0.2, 0) is 11.2 Å². The molecule has 0 amide bonds. The maximum Gasteiger partial charge on any atom is 0.146 e. The van der Waals surface area contributed by atoms with Gasteiger partial charge in [0.2, 0.25) is 0 Å². The summed E-state index contributed by atoms with van der Waals surface area (Å²) in [6, 6.07) is 10.0. The summed E-state index contributed by atoms with van der Waals surface area (Å²) < 4.78 is 8.36. The molecule has 0 radical (unpaired) electrons. The lowest BCUT2D eigenvalue weighted by atomic mass is 10.0. The van der Waals surface area contributed by atoms with Gasteiger partial charge in [-0.15, -0.1) is 0 Å². The van der Waals surface area contributed by atoms with Crippen LogP contribution in [-0.4, -0.2) is 25.6 Å². The number of rotatable bonds is 4. The number of ether oxygens (including phenoxy) is 1. The van der Waals surface area contributed by atoms with E-state index in [2.05, 4.69) is 31.7 Å². The quantitative estimate of drug-likeness (QED) is 0.453. The lowest BCUT2D eigenvalue weighted by Gasteiger charge is -2.16. The van der Waals surface area contributed by atoms with Gasteiger partial charge in [-0.2, -0.15) is 0 Å². The van der Waals surface area contributed by atoms with Crippen LogP contribution >= 0.6 is 23.2 Å². The van der Waals surface area contributed by atoms with Crippen molar-refractivity contribution in [2.24, 2.45) is 0 Å². The number of nitrogens with zero attached hydrogens (tertiary/aromatic N) is 4. The fourth-order valence-corrected chi connectivity index (χ4v) is 4.31. The summed E-state index contributed by atoms with van der Waals surface area (Å²) in [5, 5.41) is 2.80. The van der Waals surface area contributed by atoms with Crippen LogP contribution in [0.25, 0.3) is 21.9 Å². The molecule has 148 valence electrons. The topological polar surface area (TPSA) is 78.9 Å². The van der Waals surface area contributed by atoms with Crippen LogP contribution in [0.2, 0.25) is 10.2 Å². The second-order valence-electron chi connectivity index (χ2n) is 7.34. The van der Waals surface area contributed by atoms with Crippen LogP contribution in [0.4, 0.5) is 5.82 Å². The number of aromatic nitrogens is 4. The maximum atomic E-state index is 6.30. The van der Waals surface area contributed by atoms with Crippen LogP contribution < -0.4 is 5.73 Å². The molecule has 2 N–H and O–H groups in total. The normalized spacial score (nSPS) is 19.4. The van der Waals surface area contributed by atoms with Gasteiger partial charge in [0, 0.05) is 11.6 Å². The van der Waals surface area contributed by atoms with Gasteiger partial charge in [0.1, 0.15) is 29.2 Å².